The molecule has 28 heavy (non-hydrogen) atoms. The number of carbonyl (C=O) groups is 1. The largest absolute Gasteiger partial charge is 0.497 e. The lowest BCUT2D eigenvalue weighted by atomic mass is 9.91. The van der Waals surface area contributed by atoms with Crippen molar-refractivity contribution in [2.24, 2.45) is 0 Å². The van der Waals surface area contributed by atoms with Gasteiger partial charge in [0.15, 0.2) is 0 Å². The average Bonchev–Trinajstić information content (AvgIpc) is 2.60. The molecule has 0 aromatic heterocycles. The number of ether oxygens (including phenoxy) is 1. The maximum absolute atomic E-state index is 13.6. The van der Waals surface area contributed by atoms with Crippen molar-refractivity contribution in [3.8, 4) is 5.75 Å². The number of benzene rings is 2. The Morgan fingerprint density at radius 3 is 2.32 bits per heavy atom. The van der Waals surface area contributed by atoms with Gasteiger partial charge in [0.25, 0.3) is 10.0 Å². The summed E-state index contributed by atoms with van der Waals surface area (Å²) in [6, 6.07) is 11.6. The average molecular weight is 401 g/mol. The van der Waals surface area contributed by atoms with Crippen molar-refractivity contribution in [3.05, 3.63) is 54.1 Å². The predicted molar refractivity (Wildman–Crippen MR) is 111 cm³/mol. The molecule has 2 aromatic rings. The maximum atomic E-state index is 13.6. The van der Waals surface area contributed by atoms with Crippen LogP contribution in [-0.2, 0) is 14.8 Å². The summed E-state index contributed by atoms with van der Waals surface area (Å²) >= 11 is 0. The molecule has 0 saturated carbocycles. The molecule has 0 bridgehead atoms. The van der Waals surface area contributed by atoms with E-state index in [9.17, 15) is 13.2 Å². The topological polar surface area (TPSA) is 75.7 Å². The zero-order chi connectivity index (χ0) is 20.7. The van der Waals surface area contributed by atoms with Crippen molar-refractivity contribution < 1.29 is 17.9 Å². The van der Waals surface area contributed by atoms with E-state index in [1.54, 1.807) is 25.3 Å². The van der Waals surface area contributed by atoms with Crippen molar-refractivity contribution in [2.75, 3.05) is 16.7 Å². The molecule has 3 rings (SSSR count). The Bertz CT molecular complexity index is 1050. The second-order valence-corrected chi connectivity index (χ2v) is 9.13. The smallest absolute Gasteiger partial charge is 0.265 e. The van der Waals surface area contributed by atoms with Crippen LogP contribution in [0.25, 0.3) is 5.57 Å². The van der Waals surface area contributed by atoms with Crippen molar-refractivity contribution in [1.29, 1.82) is 0 Å². The lowest BCUT2D eigenvalue weighted by molar-refractivity contribution is -0.114. The first kappa shape index (κ1) is 19.9. The minimum Gasteiger partial charge on any atom is -0.497 e. The summed E-state index contributed by atoms with van der Waals surface area (Å²) < 4.78 is 33.9. The van der Waals surface area contributed by atoms with Gasteiger partial charge in [-0.25, -0.2) is 8.42 Å². The summed E-state index contributed by atoms with van der Waals surface area (Å²) in [5.41, 5.74) is 2.21. The molecule has 7 heteroatoms. The Labute approximate surface area is 165 Å². The van der Waals surface area contributed by atoms with E-state index in [0.717, 1.165) is 11.1 Å². The van der Waals surface area contributed by atoms with E-state index in [4.69, 9.17) is 4.74 Å². The first-order chi connectivity index (χ1) is 13.1. The quantitative estimate of drug-likeness (QED) is 0.840. The fourth-order valence-electron chi connectivity index (χ4n) is 3.57. The van der Waals surface area contributed by atoms with Crippen LogP contribution in [0.15, 0.2) is 53.4 Å². The van der Waals surface area contributed by atoms with E-state index >= 15 is 0 Å². The van der Waals surface area contributed by atoms with Gasteiger partial charge < -0.3 is 10.1 Å². The highest BCUT2D eigenvalue weighted by Crippen LogP contribution is 2.43. The number of hydrogen-bond acceptors (Lipinski definition) is 4. The van der Waals surface area contributed by atoms with Crippen LogP contribution >= 0.6 is 0 Å². The summed E-state index contributed by atoms with van der Waals surface area (Å²) in [5, 5.41) is 2.64. The molecule has 1 amide bonds. The monoisotopic (exact) mass is 400 g/mol. The Kier molecular flexibility index (Phi) is 4.97. The molecule has 1 N–H and O–H groups in total. The van der Waals surface area contributed by atoms with E-state index in [0.29, 0.717) is 17.1 Å². The van der Waals surface area contributed by atoms with Crippen LogP contribution in [0.1, 0.15) is 33.3 Å². The van der Waals surface area contributed by atoms with E-state index in [1.807, 2.05) is 39.0 Å². The van der Waals surface area contributed by atoms with E-state index in [-0.39, 0.29) is 10.8 Å². The van der Waals surface area contributed by atoms with Gasteiger partial charge >= 0.3 is 0 Å². The third-order valence-electron chi connectivity index (χ3n) is 4.65. The lowest BCUT2D eigenvalue weighted by Crippen LogP contribution is -2.48. The number of sulfonamides is 1. The molecule has 1 aliphatic heterocycles. The van der Waals surface area contributed by atoms with Gasteiger partial charge in [0, 0.05) is 24.2 Å². The predicted octanol–water partition coefficient (Wildman–Crippen LogP) is 4.04. The minimum absolute atomic E-state index is 0.149. The Balaban J connectivity index is 2.14. The zero-order valence-electron chi connectivity index (χ0n) is 16.6. The molecule has 0 spiro atoms. The fraction of sp³-hybridized carbons (Fsp3) is 0.286. The van der Waals surface area contributed by atoms with Crippen LogP contribution in [0.3, 0.4) is 0 Å². The number of hydrogen-bond donors (Lipinski definition) is 1. The molecule has 0 fully saturated rings. The summed E-state index contributed by atoms with van der Waals surface area (Å²) in [6.07, 6.45) is 1.95. The molecule has 0 radical (unpaired) electrons. The second-order valence-electron chi connectivity index (χ2n) is 7.34. The normalized spacial score (nSPS) is 15.5. The number of anilines is 2. The van der Waals surface area contributed by atoms with Crippen LogP contribution in [0.2, 0.25) is 0 Å². The molecule has 148 valence electrons. The number of rotatable bonds is 4. The molecule has 0 aliphatic carbocycles. The van der Waals surface area contributed by atoms with Crippen molar-refractivity contribution in [1.82, 2.24) is 0 Å². The van der Waals surface area contributed by atoms with Gasteiger partial charge in [-0.15, -0.1) is 0 Å². The number of nitrogens with one attached hydrogen (secondary N) is 1. The van der Waals surface area contributed by atoms with Crippen LogP contribution in [0.4, 0.5) is 11.4 Å². The number of methoxy groups -OCH3 is 1. The molecule has 0 unspecified atom stereocenters. The first-order valence-corrected chi connectivity index (χ1v) is 10.3. The highest BCUT2D eigenvalue weighted by Gasteiger charge is 2.40. The third kappa shape index (κ3) is 3.49. The summed E-state index contributed by atoms with van der Waals surface area (Å²) in [6.45, 7) is 7.10. The van der Waals surface area contributed by atoms with Crippen LogP contribution < -0.4 is 14.4 Å². The van der Waals surface area contributed by atoms with Crippen LogP contribution in [0.5, 0.6) is 5.75 Å². The molecular formula is C21H24N2O4S. The molecule has 1 heterocycles. The minimum atomic E-state index is -3.86. The van der Waals surface area contributed by atoms with Gasteiger partial charge in [-0.2, -0.15) is 0 Å². The Morgan fingerprint density at radius 2 is 1.75 bits per heavy atom. The summed E-state index contributed by atoms with van der Waals surface area (Å²) in [7, 11) is -2.30. The van der Waals surface area contributed by atoms with Crippen molar-refractivity contribution in [2.45, 2.75) is 38.1 Å². The molecule has 2 aromatic carbocycles. The number of allylic oxidation sites excluding steroid dienone is 1. The van der Waals surface area contributed by atoms with Gasteiger partial charge in [0.05, 0.1) is 23.2 Å². The SMILES string of the molecule is COc1ccc2c(c1)N(S(=O)(=O)c1ccc(NC(C)=O)cc1)C(C)(C)C=C2C. The highest BCUT2D eigenvalue weighted by molar-refractivity contribution is 7.93. The standard InChI is InChI=1S/C21H24N2O4S/c1-14-13-21(3,4)23(20-12-17(27-5)8-11-19(14)20)28(25,26)18-9-6-16(7-10-18)22-15(2)24/h6-13H,1-5H3,(H,22,24). The number of amides is 1. The van der Waals surface area contributed by atoms with E-state index in [2.05, 4.69) is 5.32 Å². The first-order valence-electron chi connectivity index (χ1n) is 8.87. The molecular weight excluding hydrogens is 376 g/mol. The summed E-state index contributed by atoms with van der Waals surface area (Å²) in [5.74, 6) is 0.375. The Morgan fingerprint density at radius 1 is 1.11 bits per heavy atom. The lowest BCUT2D eigenvalue weighted by Gasteiger charge is -2.42. The van der Waals surface area contributed by atoms with Crippen LogP contribution in [-0.4, -0.2) is 27.0 Å². The van der Waals surface area contributed by atoms with E-state index in [1.165, 1.54) is 23.4 Å². The maximum Gasteiger partial charge on any atom is 0.265 e. The van der Waals surface area contributed by atoms with Gasteiger partial charge in [0.2, 0.25) is 5.91 Å². The zero-order valence-corrected chi connectivity index (χ0v) is 17.4. The fourth-order valence-corrected chi connectivity index (χ4v) is 5.35. The highest BCUT2D eigenvalue weighted by atomic mass is 32.2. The third-order valence-corrected chi connectivity index (χ3v) is 6.67. The Hall–Kier alpha value is -2.80. The summed E-state index contributed by atoms with van der Waals surface area (Å²) in [4.78, 5) is 11.3. The number of nitrogens with zero attached hydrogens (tertiary/aromatic N) is 1. The van der Waals surface area contributed by atoms with Crippen LogP contribution in [0, 0.1) is 0 Å². The number of fused-ring (bicyclic) bond motifs is 1. The molecule has 1 aliphatic rings. The number of carbonyl (C=O) groups excluding carboxylic acids is 1. The van der Waals surface area contributed by atoms with Gasteiger partial charge in [-0.05, 0) is 62.7 Å². The van der Waals surface area contributed by atoms with Gasteiger partial charge in [0.1, 0.15) is 5.75 Å². The molecule has 0 saturated heterocycles. The van der Waals surface area contributed by atoms with Gasteiger partial charge in [-0.3, -0.25) is 9.10 Å². The van der Waals surface area contributed by atoms with Crippen molar-refractivity contribution in [3.63, 3.8) is 0 Å². The van der Waals surface area contributed by atoms with Gasteiger partial charge in [-0.1, -0.05) is 6.08 Å². The second kappa shape index (κ2) is 6.98. The van der Waals surface area contributed by atoms with E-state index < -0.39 is 15.6 Å². The molecule has 0 atom stereocenters. The molecule has 6 nitrogen and oxygen atoms in total. The van der Waals surface area contributed by atoms with Crippen molar-refractivity contribution >= 4 is 32.9 Å².